The van der Waals surface area contributed by atoms with Gasteiger partial charge in [-0.1, -0.05) is 24.3 Å². The summed E-state index contributed by atoms with van der Waals surface area (Å²) in [6, 6.07) is 14.9. The predicted molar refractivity (Wildman–Crippen MR) is 96.1 cm³/mol. The van der Waals surface area contributed by atoms with Crippen LogP contribution >= 0.6 is 0 Å². The number of carbonyl (C=O) groups excluding carboxylic acids is 2. The van der Waals surface area contributed by atoms with E-state index in [0.717, 1.165) is 29.7 Å². The van der Waals surface area contributed by atoms with Gasteiger partial charge in [-0.2, -0.15) is 0 Å². The van der Waals surface area contributed by atoms with Gasteiger partial charge in [-0.3, -0.25) is 9.59 Å². The maximum absolute atomic E-state index is 12.3. The second kappa shape index (κ2) is 7.94. The highest BCUT2D eigenvalue weighted by atomic mass is 16.5. The van der Waals surface area contributed by atoms with Crippen molar-refractivity contribution in [2.75, 3.05) is 12.4 Å². The van der Waals surface area contributed by atoms with Crippen LogP contribution in [0.1, 0.15) is 34.3 Å². The maximum Gasteiger partial charge on any atom is 0.251 e. The number of ether oxygens (including phenoxy) is 1. The minimum absolute atomic E-state index is 0.0631. The molecule has 0 bridgehead atoms. The highest BCUT2D eigenvalue weighted by Crippen LogP contribution is 2.30. The van der Waals surface area contributed by atoms with Crippen LogP contribution in [0, 0.1) is 5.92 Å². The molecular weight excluding hydrogens is 316 g/mol. The summed E-state index contributed by atoms with van der Waals surface area (Å²) in [6.07, 6.45) is 1.94. The minimum Gasteiger partial charge on any atom is -0.380 e. The molecule has 0 heterocycles. The first-order chi connectivity index (χ1) is 12.2. The Morgan fingerprint density at radius 1 is 1.08 bits per heavy atom. The average molecular weight is 338 g/mol. The van der Waals surface area contributed by atoms with Gasteiger partial charge in [-0.05, 0) is 48.2 Å². The molecule has 130 valence electrons. The zero-order chi connectivity index (χ0) is 17.6. The number of benzene rings is 2. The van der Waals surface area contributed by atoms with Crippen LogP contribution in [0.5, 0.6) is 0 Å². The van der Waals surface area contributed by atoms with Gasteiger partial charge in [0.05, 0.1) is 6.61 Å². The summed E-state index contributed by atoms with van der Waals surface area (Å²) in [5.74, 6) is 0.0854. The Morgan fingerprint density at radius 2 is 1.80 bits per heavy atom. The first-order valence-electron chi connectivity index (χ1n) is 8.41. The highest BCUT2D eigenvalue weighted by Gasteiger charge is 2.29. The SMILES string of the molecule is COCc1cccc(CNC(=O)c2ccc(NC(=O)C3CC3)cc2)c1. The van der Waals surface area contributed by atoms with Crippen LogP contribution in [0.15, 0.2) is 48.5 Å². The topological polar surface area (TPSA) is 67.4 Å². The van der Waals surface area contributed by atoms with Crippen molar-refractivity contribution in [1.82, 2.24) is 5.32 Å². The summed E-state index contributed by atoms with van der Waals surface area (Å²) >= 11 is 0. The molecule has 1 aliphatic carbocycles. The molecule has 0 saturated heterocycles. The van der Waals surface area contributed by atoms with Crippen molar-refractivity contribution in [1.29, 1.82) is 0 Å². The number of methoxy groups -OCH3 is 1. The molecular formula is C20H22N2O3. The number of rotatable bonds is 7. The van der Waals surface area contributed by atoms with Gasteiger partial charge in [-0.15, -0.1) is 0 Å². The van der Waals surface area contributed by atoms with Crippen molar-refractivity contribution in [3.63, 3.8) is 0 Å². The van der Waals surface area contributed by atoms with Crippen LogP contribution in [0.3, 0.4) is 0 Å². The van der Waals surface area contributed by atoms with Gasteiger partial charge < -0.3 is 15.4 Å². The van der Waals surface area contributed by atoms with Gasteiger partial charge in [0.2, 0.25) is 5.91 Å². The van der Waals surface area contributed by atoms with E-state index in [1.165, 1.54) is 0 Å². The van der Waals surface area contributed by atoms with Gasteiger partial charge in [0.1, 0.15) is 0 Å². The van der Waals surface area contributed by atoms with E-state index in [4.69, 9.17) is 4.74 Å². The summed E-state index contributed by atoms with van der Waals surface area (Å²) in [6.45, 7) is 1.01. The molecule has 0 spiro atoms. The third kappa shape index (κ3) is 4.90. The molecule has 5 nitrogen and oxygen atoms in total. The first kappa shape index (κ1) is 17.2. The second-order valence-corrected chi connectivity index (χ2v) is 6.28. The quantitative estimate of drug-likeness (QED) is 0.815. The third-order valence-corrected chi connectivity index (χ3v) is 4.12. The molecule has 0 radical (unpaired) electrons. The number of anilines is 1. The van der Waals surface area contributed by atoms with Crippen LogP contribution in [0.25, 0.3) is 0 Å². The Hall–Kier alpha value is -2.66. The molecule has 25 heavy (non-hydrogen) atoms. The van der Waals surface area contributed by atoms with Crippen LogP contribution in [0.4, 0.5) is 5.69 Å². The molecule has 0 aliphatic heterocycles. The maximum atomic E-state index is 12.3. The fourth-order valence-electron chi connectivity index (χ4n) is 2.58. The molecule has 0 unspecified atom stereocenters. The first-order valence-corrected chi connectivity index (χ1v) is 8.41. The highest BCUT2D eigenvalue weighted by molar-refractivity contribution is 5.96. The molecule has 5 heteroatoms. The lowest BCUT2D eigenvalue weighted by atomic mass is 10.1. The Balaban J connectivity index is 1.54. The minimum atomic E-state index is -0.141. The fraction of sp³-hybridized carbons (Fsp3) is 0.300. The number of hydrogen-bond acceptors (Lipinski definition) is 3. The number of amides is 2. The summed E-state index contributed by atoms with van der Waals surface area (Å²) < 4.78 is 5.12. The molecule has 1 fully saturated rings. The molecule has 2 aromatic rings. The van der Waals surface area contributed by atoms with Gasteiger partial charge in [0, 0.05) is 30.8 Å². The van der Waals surface area contributed by atoms with Crippen LogP contribution in [-0.4, -0.2) is 18.9 Å². The van der Waals surface area contributed by atoms with Gasteiger partial charge in [0.15, 0.2) is 0 Å². The molecule has 2 N–H and O–H groups in total. The molecule has 0 aromatic heterocycles. The van der Waals surface area contributed by atoms with Crippen molar-refractivity contribution < 1.29 is 14.3 Å². The molecule has 1 saturated carbocycles. The Bertz CT molecular complexity index is 752. The average Bonchev–Trinajstić information content (AvgIpc) is 3.46. The van der Waals surface area contributed by atoms with Crippen LogP contribution in [-0.2, 0) is 22.7 Å². The summed E-state index contributed by atoms with van der Waals surface area (Å²) in [5, 5.41) is 5.77. The van der Waals surface area contributed by atoms with Gasteiger partial charge >= 0.3 is 0 Å². The van der Waals surface area contributed by atoms with Crippen molar-refractivity contribution in [3.8, 4) is 0 Å². The van der Waals surface area contributed by atoms with Crippen LogP contribution < -0.4 is 10.6 Å². The summed E-state index contributed by atoms with van der Waals surface area (Å²) in [7, 11) is 1.66. The van der Waals surface area contributed by atoms with Crippen molar-refractivity contribution in [2.45, 2.75) is 26.0 Å². The Morgan fingerprint density at radius 3 is 2.48 bits per heavy atom. The van der Waals surface area contributed by atoms with E-state index in [-0.39, 0.29) is 17.7 Å². The van der Waals surface area contributed by atoms with E-state index in [1.54, 1.807) is 31.4 Å². The lowest BCUT2D eigenvalue weighted by Gasteiger charge is -2.08. The fourth-order valence-corrected chi connectivity index (χ4v) is 2.58. The largest absolute Gasteiger partial charge is 0.380 e. The normalized spacial score (nSPS) is 13.3. The monoisotopic (exact) mass is 338 g/mol. The number of nitrogens with one attached hydrogen (secondary N) is 2. The molecule has 0 atom stereocenters. The zero-order valence-corrected chi connectivity index (χ0v) is 14.2. The van der Waals surface area contributed by atoms with E-state index >= 15 is 0 Å². The lowest BCUT2D eigenvalue weighted by Crippen LogP contribution is -2.22. The van der Waals surface area contributed by atoms with Crippen LogP contribution in [0.2, 0.25) is 0 Å². The van der Waals surface area contributed by atoms with E-state index < -0.39 is 0 Å². The van der Waals surface area contributed by atoms with Crippen molar-refractivity contribution in [2.24, 2.45) is 5.92 Å². The van der Waals surface area contributed by atoms with E-state index in [0.29, 0.717) is 18.7 Å². The molecule has 2 amide bonds. The molecule has 3 rings (SSSR count). The third-order valence-electron chi connectivity index (χ3n) is 4.12. The van der Waals surface area contributed by atoms with Crippen molar-refractivity contribution in [3.05, 3.63) is 65.2 Å². The zero-order valence-electron chi connectivity index (χ0n) is 14.2. The van der Waals surface area contributed by atoms with Gasteiger partial charge in [0.25, 0.3) is 5.91 Å². The molecule has 2 aromatic carbocycles. The predicted octanol–water partition coefficient (Wildman–Crippen LogP) is 3.11. The van der Waals surface area contributed by atoms with Gasteiger partial charge in [-0.25, -0.2) is 0 Å². The van der Waals surface area contributed by atoms with Crippen molar-refractivity contribution >= 4 is 17.5 Å². The van der Waals surface area contributed by atoms with E-state index in [1.807, 2.05) is 24.3 Å². The summed E-state index contributed by atoms with van der Waals surface area (Å²) in [5.41, 5.74) is 3.39. The molecule has 1 aliphatic rings. The smallest absolute Gasteiger partial charge is 0.251 e. The second-order valence-electron chi connectivity index (χ2n) is 6.28. The number of carbonyl (C=O) groups is 2. The Labute approximate surface area is 147 Å². The van der Waals surface area contributed by atoms with E-state index in [2.05, 4.69) is 10.6 Å². The lowest BCUT2D eigenvalue weighted by molar-refractivity contribution is -0.117. The standard InChI is InChI=1S/C20H22N2O3/c1-25-13-15-4-2-3-14(11-15)12-21-19(23)16-7-9-18(10-8-16)22-20(24)17-5-6-17/h2-4,7-11,17H,5-6,12-13H2,1H3,(H,21,23)(H,22,24). The number of hydrogen-bond donors (Lipinski definition) is 2. The Kier molecular flexibility index (Phi) is 5.46. The summed E-state index contributed by atoms with van der Waals surface area (Å²) in [4.78, 5) is 24.0. The van der Waals surface area contributed by atoms with E-state index in [9.17, 15) is 9.59 Å².